The van der Waals surface area contributed by atoms with Gasteiger partial charge in [-0.05, 0) is 32.0 Å². The van der Waals surface area contributed by atoms with E-state index < -0.39 is 11.4 Å². The summed E-state index contributed by atoms with van der Waals surface area (Å²) in [5.41, 5.74) is -0.542. The molecule has 0 saturated heterocycles. The normalized spacial score (nSPS) is 14.8. The van der Waals surface area contributed by atoms with Gasteiger partial charge in [0.15, 0.2) is 0 Å². The van der Waals surface area contributed by atoms with Crippen molar-refractivity contribution < 1.29 is 9.50 Å². The monoisotopic (exact) mass is 245 g/mol. The Morgan fingerprint density at radius 3 is 2.75 bits per heavy atom. The van der Waals surface area contributed by atoms with Gasteiger partial charge in [-0.2, -0.15) is 0 Å². The largest absolute Gasteiger partial charge is 0.384 e. The Bertz CT molecular complexity index is 355. The number of benzene rings is 1. The van der Waals surface area contributed by atoms with E-state index in [9.17, 15) is 9.50 Å². The van der Waals surface area contributed by atoms with Gasteiger partial charge in [-0.1, -0.05) is 24.6 Å². The Labute approximate surface area is 100 Å². The summed E-state index contributed by atoms with van der Waals surface area (Å²) in [6.07, 6.45) is 0.993. The number of nitrogens with one attached hydrogen (secondary N) is 1. The van der Waals surface area contributed by atoms with Crippen molar-refractivity contribution in [1.29, 1.82) is 0 Å². The Balaban J connectivity index is 2.80. The van der Waals surface area contributed by atoms with Crippen LogP contribution in [0.15, 0.2) is 18.2 Å². The molecule has 0 aliphatic rings. The van der Waals surface area contributed by atoms with Crippen molar-refractivity contribution in [2.24, 2.45) is 0 Å². The molecular formula is C12H17ClFNO. The zero-order valence-electron chi connectivity index (χ0n) is 9.56. The molecule has 2 nitrogen and oxygen atoms in total. The third-order valence-electron chi connectivity index (χ3n) is 2.41. The minimum absolute atomic E-state index is 0.253. The van der Waals surface area contributed by atoms with Crippen LogP contribution in [0.1, 0.15) is 25.8 Å². The summed E-state index contributed by atoms with van der Waals surface area (Å²) in [5.74, 6) is -0.397. The predicted molar refractivity (Wildman–Crippen MR) is 64.1 cm³/mol. The maximum atomic E-state index is 12.9. The predicted octanol–water partition coefficient (Wildman–Crippen LogP) is 2.69. The quantitative estimate of drug-likeness (QED) is 0.782. The molecule has 16 heavy (non-hydrogen) atoms. The van der Waals surface area contributed by atoms with Gasteiger partial charge in [-0.15, -0.1) is 0 Å². The smallest absolute Gasteiger partial charge is 0.124 e. The molecule has 1 rings (SSSR count). The van der Waals surface area contributed by atoms with Gasteiger partial charge in [0.1, 0.15) is 11.4 Å². The molecule has 0 aromatic heterocycles. The molecule has 90 valence electrons. The van der Waals surface area contributed by atoms with Gasteiger partial charge < -0.3 is 10.4 Å². The van der Waals surface area contributed by atoms with Crippen LogP contribution in [0.2, 0.25) is 5.02 Å². The van der Waals surface area contributed by atoms with E-state index in [1.165, 1.54) is 18.2 Å². The summed E-state index contributed by atoms with van der Waals surface area (Å²) >= 11 is 5.90. The molecule has 1 unspecified atom stereocenters. The van der Waals surface area contributed by atoms with E-state index in [4.69, 9.17) is 11.6 Å². The number of hydrogen-bond acceptors (Lipinski definition) is 2. The number of rotatable bonds is 5. The minimum atomic E-state index is -1.08. The highest BCUT2D eigenvalue weighted by molar-refractivity contribution is 6.31. The minimum Gasteiger partial charge on any atom is -0.384 e. The lowest BCUT2D eigenvalue weighted by atomic mass is 9.96. The zero-order chi connectivity index (χ0) is 12.2. The molecule has 0 heterocycles. The van der Waals surface area contributed by atoms with E-state index in [2.05, 4.69) is 5.32 Å². The molecule has 0 bridgehead atoms. The highest BCUT2D eigenvalue weighted by atomic mass is 35.5. The second-order valence-electron chi connectivity index (χ2n) is 4.07. The van der Waals surface area contributed by atoms with Gasteiger partial charge in [-0.25, -0.2) is 4.39 Å². The van der Waals surface area contributed by atoms with Crippen LogP contribution in [0, 0.1) is 5.82 Å². The molecule has 0 radical (unpaired) electrons. The van der Waals surface area contributed by atoms with Gasteiger partial charge in [0.25, 0.3) is 0 Å². The first-order valence-corrected chi connectivity index (χ1v) is 5.74. The number of aliphatic hydroxyl groups is 1. The first kappa shape index (κ1) is 13.4. The van der Waals surface area contributed by atoms with Gasteiger partial charge in [-0.3, -0.25) is 0 Å². The van der Waals surface area contributed by atoms with Gasteiger partial charge >= 0.3 is 0 Å². The Hall–Kier alpha value is -0.640. The third kappa shape index (κ3) is 3.44. The van der Waals surface area contributed by atoms with E-state index in [1.807, 2.05) is 6.92 Å². The van der Waals surface area contributed by atoms with Crippen LogP contribution in [-0.2, 0) is 5.60 Å². The molecule has 0 aliphatic heterocycles. The van der Waals surface area contributed by atoms with Crippen molar-refractivity contribution in [3.05, 3.63) is 34.6 Å². The van der Waals surface area contributed by atoms with E-state index in [0.717, 1.165) is 13.0 Å². The van der Waals surface area contributed by atoms with Crippen LogP contribution in [0.25, 0.3) is 0 Å². The van der Waals surface area contributed by atoms with E-state index >= 15 is 0 Å². The molecule has 0 amide bonds. The van der Waals surface area contributed by atoms with E-state index in [0.29, 0.717) is 12.1 Å². The molecule has 0 saturated carbocycles. The fourth-order valence-electron chi connectivity index (χ4n) is 1.53. The van der Waals surface area contributed by atoms with Crippen molar-refractivity contribution in [3.8, 4) is 0 Å². The van der Waals surface area contributed by atoms with Crippen molar-refractivity contribution in [2.45, 2.75) is 25.9 Å². The average Bonchev–Trinajstić information content (AvgIpc) is 2.17. The van der Waals surface area contributed by atoms with Gasteiger partial charge in [0, 0.05) is 17.1 Å². The maximum absolute atomic E-state index is 12.9. The van der Waals surface area contributed by atoms with E-state index in [1.54, 1.807) is 6.92 Å². The van der Waals surface area contributed by atoms with Crippen LogP contribution in [0.4, 0.5) is 4.39 Å². The van der Waals surface area contributed by atoms with Crippen molar-refractivity contribution >= 4 is 11.6 Å². The Morgan fingerprint density at radius 2 is 2.19 bits per heavy atom. The van der Waals surface area contributed by atoms with Crippen molar-refractivity contribution in [1.82, 2.24) is 5.32 Å². The average molecular weight is 246 g/mol. The third-order valence-corrected chi connectivity index (χ3v) is 2.72. The Morgan fingerprint density at radius 1 is 1.50 bits per heavy atom. The van der Waals surface area contributed by atoms with Gasteiger partial charge in [0.05, 0.1) is 0 Å². The molecule has 1 atom stereocenters. The fraction of sp³-hybridized carbons (Fsp3) is 0.500. The first-order valence-electron chi connectivity index (χ1n) is 5.36. The van der Waals surface area contributed by atoms with Crippen LogP contribution in [-0.4, -0.2) is 18.2 Å². The maximum Gasteiger partial charge on any atom is 0.124 e. The van der Waals surface area contributed by atoms with Crippen LogP contribution < -0.4 is 5.32 Å². The van der Waals surface area contributed by atoms with Crippen LogP contribution >= 0.6 is 11.6 Å². The molecular weight excluding hydrogens is 229 g/mol. The summed E-state index contributed by atoms with van der Waals surface area (Å²) in [6, 6.07) is 4.03. The second-order valence-corrected chi connectivity index (χ2v) is 4.48. The standard InChI is InChI=1S/C12H17ClFNO/c1-3-6-15-8-12(2,16)10-5-4-9(14)7-11(10)13/h4-5,7,15-16H,3,6,8H2,1-2H3. The SMILES string of the molecule is CCCNCC(C)(O)c1ccc(F)cc1Cl. The summed E-state index contributed by atoms with van der Waals surface area (Å²) in [6.45, 7) is 4.93. The van der Waals surface area contributed by atoms with Crippen LogP contribution in [0.3, 0.4) is 0 Å². The van der Waals surface area contributed by atoms with E-state index in [-0.39, 0.29) is 5.02 Å². The zero-order valence-corrected chi connectivity index (χ0v) is 10.3. The summed E-state index contributed by atoms with van der Waals surface area (Å²) in [4.78, 5) is 0. The fourth-order valence-corrected chi connectivity index (χ4v) is 1.90. The first-order chi connectivity index (χ1) is 7.47. The number of hydrogen-bond donors (Lipinski definition) is 2. The molecule has 0 spiro atoms. The Kier molecular flexibility index (Phi) is 4.71. The molecule has 0 aliphatic carbocycles. The molecule has 1 aromatic rings. The summed E-state index contributed by atoms with van der Waals surface area (Å²) in [7, 11) is 0. The topological polar surface area (TPSA) is 32.3 Å². The number of halogens is 2. The summed E-state index contributed by atoms with van der Waals surface area (Å²) in [5, 5.41) is 13.6. The van der Waals surface area contributed by atoms with Gasteiger partial charge in [0.2, 0.25) is 0 Å². The van der Waals surface area contributed by atoms with Crippen molar-refractivity contribution in [2.75, 3.05) is 13.1 Å². The highest BCUT2D eigenvalue weighted by Gasteiger charge is 2.25. The van der Waals surface area contributed by atoms with Crippen LogP contribution in [0.5, 0.6) is 0 Å². The summed E-state index contributed by atoms with van der Waals surface area (Å²) < 4.78 is 12.9. The lowest BCUT2D eigenvalue weighted by Gasteiger charge is -2.25. The molecule has 0 fully saturated rings. The molecule has 4 heteroatoms. The lowest BCUT2D eigenvalue weighted by Crippen LogP contribution is -2.36. The van der Waals surface area contributed by atoms with Crippen molar-refractivity contribution in [3.63, 3.8) is 0 Å². The molecule has 2 N–H and O–H groups in total. The lowest BCUT2D eigenvalue weighted by molar-refractivity contribution is 0.0573. The second kappa shape index (κ2) is 5.62. The molecule has 1 aromatic carbocycles. The highest BCUT2D eigenvalue weighted by Crippen LogP contribution is 2.28.